The number of thioether (sulfide) groups is 1. The van der Waals surface area contributed by atoms with Crippen LogP contribution in [0, 0.1) is 0 Å². The molecule has 2 heteroatoms. The van der Waals surface area contributed by atoms with Crippen LogP contribution in [0.2, 0.25) is 0 Å². The van der Waals surface area contributed by atoms with E-state index in [0.29, 0.717) is 0 Å². The molecule has 0 nitrogen and oxygen atoms in total. The van der Waals surface area contributed by atoms with Gasteiger partial charge in [0, 0.05) is 21.9 Å². The quantitative estimate of drug-likeness (QED) is 0.679. The van der Waals surface area contributed by atoms with Crippen molar-refractivity contribution in [3.63, 3.8) is 0 Å². The van der Waals surface area contributed by atoms with Crippen LogP contribution in [0.1, 0.15) is 17.0 Å². The number of fused-ring (bicyclic) bond motifs is 3. The van der Waals surface area contributed by atoms with Gasteiger partial charge in [-0.2, -0.15) is 11.8 Å². The normalized spacial score (nSPS) is 24.1. The predicted molar refractivity (Wildman–Crippen MR) is 62.2 cm³/mol. The van der Waals surface area contributed by atoms with Gasteiger partial charge in [0.15, 0.2) is 0 Å². The molecule has 1 aromatic rings. The van der Waals surface area contributed by atoms with Crippen molar-refractivity contribution in [2.75, 3.05) is 11.5 Å². The third-order valence-electron chi connectivity index (χ3n) is 2.77. The molecule has 0 aromatic heterocycles. The van der Waals surface area contributed by atoms with Gasteiger partial charge in [-0.05, 0) is 23.3 Å². The standard InChI is InChI=1S/C11H9BrS/c12-9-1-2-10-7(4-9)3-8-5-13-6-11(8)10/h1-4,11H,5-6H2. The van der Waals surface area contributed by atoms with Crippen molar-refractivity contribution >= 4 is 33.8 Å². The fourth-order valence-corrected chi connectivity index (χ4v) is 3.77. The van der Waals surface area contributed by atoms with Gasteiger partial charge in [0.2, 0.25) is 0 Å². The Labute approximate surface area is 90.5 Å². The van der Waals surface area contributed by atoms with Crippen LogP contribution in [0.15, 0.2) is 28.2 Å². The second-order valence-electron chi connectivity index (χ2n) is 3.56. The molecule has 0 radical (unpaired) electrons. The van der Waals surface area contributed by atoms with Gasteiger partial charge in [-0.15, -0.1) is 0 Å². The van der Waals surface area contributed by atoms with E-state index >= 15 is 0 Å². The van der Waals surface area contributed by atoms with Crippen molar-refractivity contribution in [2.45, 2.75) is 5.92 Å². The smallest absolute Gasteiger partial charge is 0.0181 e. The van der Waals surface area contributed by atoms with E-state index < -0.39 is 0 Å². The minimum absolute atomic E-state index is 0.730. The molecule has 1 aliphatic heterocycles. The maximum absolute atomic E-state index is 3.51. The van der Waals surface area contributed by atoms with Crippen LogP contribution in [-0.2, 0) is 0 Å². The second-order valence-corrected chi connectivity index (χ2v) is 5.51. The molecule has 0 saturated carbocycles. The SMILES string of the molecule is Brc1ccc2c(c1)C=C1CSCC12. The summed E-state index contributed by atoms with van der Waals surface area (Å²) in [5.41, 5.74) is 4.58. The summed E-state index contributed by atoms with van der Waals surface area (Å²) in [5.74, 6) is 3.24. The van der Waals surface area contributed by atoms with Gasteiger partial charge in [-0.3, -0.25) is 0 Å². The highest BCUT2D eigenvalue weighted by molar-refractivity contribution is 9.10. The van der Waals surface area contributed by atoms with E-state index in [4.69, 9.17) is 0 Å². The molecule has 1 aromatic carbocycles. The van der Waals surface area contributed by atoms with E-state index in [0.717, 1.165) is 5.92 Å². The molecule has 0 amide bonds. The van der Waals surface area contributed by atoms with E-state index in [-0.39, 0.29) is 0 Å². The zero-order valence-electron chi connectivity index (χ0n) is 7.09. The van der Waals surface area contributed by atoms with Crippen molar-refractivity contribution in [2.24, 2.45) is 0 Å². The van der Waals surface area contributed by atoms with Crippen molar-refractivity contribution in [1.29, 1.82) is 0 Å². The first-order valence-corrected chi connectivity index (χ1v) is 6.37. The molecule has 3 rings (SSSR count). The van der Waals surface area contributed by atoms with Gasteiger partial charge in [0.25, 0.3) is 0 Å². The van der Waals surface area contributed by atoms with Gasteiger partial charge in [0.05, 0.1) is 0 Å². The van der Waals surface area contributed by atoms with E-state index in [1.54, 1.807) is 5.57 Å². The molecular weight excluding hydrogens is 244 g/mol. The lowest BCUT2D eigenvalue weighted by Crippen LogP contribution is -1.94. The van der Waals surface area contributed by atoms with Crippen LogP contribution in [-0.4, -0.2) is 11.5 Å². The van der Waals surface area contributed by atoms with Crippen LogP contribution in [0.4, 0.5) is 0 Å². The monoisotopic (exact) mass is 252 g/mol. The van der Waals surface area contributed by atoms with Crippen LogP contribution in [0.5, 0.6) is 0 Å². The Bertz CT molecular complexity index is 395. The number of hydrogen-bond acceptors (Lipinski definition) is 1. The molecule has 0 bridgehead atoms. The van der Waals surface area contributed by atoms with Crippen molar-refractivity contribution in [3.05, 3.63) is 39.4 Å². The molecule has 0 spiro atoms. The summed E-state index contributed by atoms with van der Waals surface area (Å²) in [6, 6.07) is 6.64. The van der Waals surface area contributed by atoms with E-state index in [1.807, 2.05) is 0 Å². The van der Waals surface area contributed by atoms with E-state index in [1.165, 1.54) is 27.1 Å². The number of hydrogen-bond donors (Lipinski definition) is 0. The van der Waals surface area contributed by atoms with Crippen LogP contribution < -0.4 is 0 Å². The Morgan fingerprint density at radius 2 is 2.31 bits per heavy atom. The molecule has 1 aliphatic carbocycles. The first-order valence-electron chi connectivity index (χ1n) is 4.42. The second kappa shape index (κ2) is 2.89. The predicted octanol–water partition coefficient (Wildman–Crippen LogP) is 3.68. The lowest BCUT2D eigenvalue weighted by molar-refractivity contribution is 0.969. The topological polar surface area (TPSA) is 0 Å². The highest BCUT2D eigenvalue weighted by Gasteiger charge is 2.29. The maximum atomic E-state index is 3.51. The molecule has 0 N–H and O–H groups in total. The summed E-state index contributed by atoms with van der Waals surface area (Å²) < 4.78 is 1.19. The number of rotatable bonds is 0. The number of benzene rings is 1. The number of halogens is 1. The third kappa shape index (κ3) is 1.19. The Kier molecular flexibility index (Phi) is 1.81. The first-order chi connectivity index (χ1) is 6.34. The molecule has 66 valence electrons. The summed E-state index contributed by atoms with van der Waals surface area (Å²) in [7, 11) is 0. The van der Waals surface area contributed by atoms with Gasteiger partial charge in [-0.25, -0.2) is 0 Å². The Hall–Kier alpha value is -0.210. The van der Waals surface area contributed by atoms with E-state index in [2.05, 4.69) is 52.0 Å². The highest BCUT2D eigenvalue weighted by atomic mass is 79.9. The van der Waals surface area contributed by atoms with Gasteiger partial charge in [-0.1, -0.05) is 33.6 Å². The van der Waals surface area contributed by atoms with Crippen molar-refractivity contribution < 1.29 is 0 Å². The van der Waals surface area contributed by atoms with Gasteiger partial charge < -0.3 is 0 Å². The molecule has 1 saturated heterocycles. The third-order valence-corrected chi connectivity index (χ3v) is 4.37. The molecular formula is C11H9BrS. The van der Waals surface area contributed by atoms with Crippen LogP contribution in [0.3, 0.4) is 0 Å². The van der Waals surface area contributed by atoms with Gasteiger partial charge in [0.1, 0.15) is 0 Å². The van der Waals surface area contributed by atoms with Gasteiger partial charge >= 0.3 is 0 Å². The Morgan fingerprint density at radius 1 is 1.38 bits per heavy atom. The minimum atomic E-state index is 0.730. The summed E-state index contributed by atoms with van der Waals surface area (Å²) >= 11 is 5.56. The summed E-state index contributed by atoms with van der Waals surface area (Å²) in [4.78, 5) is 0. The lowest BCUT2D eigenvalue weighted by Gasteiger charge is -2.06. The maximum Gasteiger partial charge on any atom is 0.0181 e. The summed E-state index contributed by atoms with van der Waals surface area (Å²) in [6.07, 6.45) is 2.37. The minimum Gasteiger partial charge on any atom is -0.157 e. The Morgan fingerprint density at radius 3 is 3.23 bits per heavy atom. The molecule has 2 aliphatic rings. The average molecular weight is 253 g/mol. The zero-order chi connectivity index (χ0) is 8.84. The summed E-state index contributed by atoms with van der Waals surface area (Å²) in [5, 5.41) is 0. The molecule has 1 fully saturated rings. The van der Waals surface area contributed by atoms with Crippen LogP contribution >= 0.6 is 27.7 Å². The fraction of sp³-hybridized carbons (Fsp3) is 0.273. The van der Waals surface area contributed by atoms with E-state index in [9.17, 15) is 0 Å². The molecule has 1 atom stereocenters. The Balaban J connectivity index is 2.16. The average Bonchev–Trinajstić information content (AvgIpc) is 2.62. The van der Waals surface area contributed by atoms with Crippen LogP contribution in [0.25, 0.3) is 6.08 Å². The lowest BCUT2D eigenvalue weighted by atomic mass is 9.99. The summed E-state index contributed by atoms with van der Waals surface area (Å²) in [6.45, 7) is 0. The molecule has 1 unspecified atom stereocenters. The largest absolute Gasteiger partial charge is 0.157 e. The molecule has 1 heterocycles. The van der Waals surface area contributed by atoms with Crippen molar-refractivity contribution in [3.8, 4) is 0 Å². The highest BCUT2D eigenvalue weighted by Crippen LogP contribution is 2.45. The fourth-order valence-electron chi connectivity index (χ4n) is 2.12. The first kappa shape index (κ1) is 8.13. The zero-order valence-corrected chi connectivity index (χ0v) is 9.49. The molecule has 13 heavy (non-hydrogen) atoms. The van der Waals surface area contributed by atoms with Crippen molar-refractivity contribution in [1.82, 2.24) is 0 Å².